The fraction of sp³-hybridized carbons (Fsp3) is 0.0714. The Morgan fingerprint density at radius 2 is 2.00 bits per heavy atom. The van der Waals surface area contributed by atoms with Gasteiger partial charge in [-0.1, -0.05) is 29.8 Å². The van der Waals surface area contributed by atoms with Crippen LogP contribution in [-0.4, -0.2) is 12.5 Å². The topological polar surface area (TPSA) is 38.3 Å². The molecule has 0 radical (unpaired) electrons. The molecule has 0 unspecified atom stereocenters. The lowest BCUT2D eigenvalue weighted by molar-refractivity contribution is -0.118. The molecule has 0 atom stereocenters. The first kappa shape index (κ1) is 13.9. The van der Waals surface area contributed by atoms with Crippen LogP contribution in [0.1, 0.15) is 0 Å². The summed E-state index contributed by atoms with van der Waals surface area (Å²) in [5, 5.41) is 3.32. The number of benzene rings is 2. The Morgan fingerprint density at radius 3 is 2.74 bits per heavy atom. The quantitative estimate of drug-likeness (QED) is 0.909. The second-order valence-electron chi connectivity index (χ2n) is 3.77. The number of ether oxygens (including phenoxy) is 1. The van der Waals surface area contributed by atoms with Crippen molar-refractivity contribution in [3.63, 3.8) is 0 Å². The number of hydrogen-bond donors (Lipinski definition) is 1. The van der Waals surface area contributed by atoms with Crippen LogP contribution in [0.4, 0.5) is 5.69 Å². The number of hydrogen-bond acceptors (Lipinski definition) is 2. The molecule has 19 heavy (non-hydrogen) atoms. The average molecular weight is 341 g/mol. The number of carbonyl (C=O) groups excluding carboxylic acids is 1. The number of amides is 1. The standard InChI is InChI=1S/C14H11BrClNO2/c15-12-6-1-2-7-13(12)17-14(18)9-19-11-5-3-4-10(16)8-11/h1-8H,9H2,(H,17,18). The van der Waals surface area contributed by atoms with Gasteiger partial charge >= 0.3 is 0 Å². The van der Waals surface area contributed by atoms with Crippen molar-refractivity contribution in [3.05, 3.63) is 58.0 Å². The fourth-order valence-corrected chi connectivity index (χ4v) is 2.02. The van der Waals surface area contributed by atoms with Gasteiger partial charge in [0.05, 0.1) is 5.69 Å². The van der Waals surface area contributed by atoms with Crippen LogP contribution in [0.25, 0.3) is 0 Å². The molecule has 0 aliphatic rings. The van der Waals surface area contributed by atoms with E-state index in [0.29, 0.717) is 16.5 Å². The molecule has 2 rings (SSSR count). The smallest absolute Gasteiger partial charge is 0.262 e. The summed E-state index contributed by atoms with van der Waals surface area (Å²) in [5.41, 5.74) is 0.710. The van der Waals surface area contributed by atoms with Crippen molar-refractivity contribution in [2.45, 2.75) is 0 Å². The minimum atomic E-state index is -0.230. The van der Waals surface area contributed by atoms with Gasteiger partial charge in [-0.3, -0.25) is 4.79 Å². The van der Waals surface area contributed by atoms with E-state index in [1.807, 2.05) is 18.2 Å². The normalized spacial score (nSPS) is 10.0. The highest BCUT2D eigenvalue weighted by molar-refractivity contribution is 9.10. The number of para-hydroxylation sites is 1. The third-order valence-corrected chi connectivity index (χ3v) is 3.24. The van der Waals surface area contributed by atoms with E-state index in [-0.39, 0.29) is 12.5 Å². The maximum absolute atomic E-state index is 11.7. The minimum absolute atomic E-state index is 0.0678. The molecule has 1 N–H and O–H groups in total. The predicted molar refractivity (Wildman–Crippen MR) is 79.7 cm³/mol. The fourth-order valence-electron chi connectivity index (χ4n) is 1.45. The maximum Gasteiger partial charge on any atom is 0.262 e. The summed E-state index contributed by atoms with van der Waals surface area (Å²) in [4.78, 5) is 11.7. The first-order valence-corrected chi connectivity index (χ1v) is 6.75. The summed E-state index contributed by atoms with van der Waals surface area (Å²) in [6.07, 6.45) is 0. The lowest BCUT2D eigenvalue weighted by Crippen LogP contribution is -2.20. The van der Waals surface area contributed by atoms with E-state index in [1.165, 1.54) is 0 Å². The second kappa shape index (κ2) is 6.59. The first-order valence-electron chi connectivity index (χ1n) is 5.58. The van der Waals surface area contributed by atoms with Gasteiger partial charge in [0.2, 0.25) is 0 Å². The number of anilines is 1. The highest BCUT2D eigenvalue weighted by atomic mass is 79.9. The molecule has 2 aromatic rings. The Balaban J connectivity index is 1.90. The zero-order valence-corrected chi connectivity index (χ0v) is 12.2. The monoisotopic (exact) mass is 339 g/mol. The van der Waals surface area contributed by atoms with Gasteiger partial charge in [0.25, 0.3) is 5.91 Å². The molecule has 98 valence electrons. The van der Waals surface area contributed by atoms with E-state index in [4.69, 9.17) is 16.3 Å². The van der Waals surface area contributed by atoms with Gasteiger partial charge in [-0.2, -0.15) is 0 Å². The summed E-state index contributed by atoms with van der Waals surface area (Å²) >= 11 is 9.18. The van der Waals surface area contributed by atoms with Gasteiger partial charge in [0.1, 0.15) is 5.75 Å². The first-order chi connectivity index (χ1) is 9.15. The Hall–Kier alpha value is -1.52. The molecule has 0 spiro atoms. The average Bonchev–Trinajstić information content (AvgIpc) is 2.39. The maximum atomic E-state index is 11.7. The largest absolute Gasteiger partial charge is 0.484 e. The van der Waals surface area contributed by atoms with Crippen LogP contribution in [0.2, 0.25) is 5.02 Å². The summed E-state index contributed by atoms with van der Waals surface area (Å²) < 4.78 is 6.17. The summed E-state index contributed by atoms with van der Waals surface area (Å²) in [5.74, 6) is 0.335. The molecule has 0 saturated heterocycles. The van der Waals surface area contributed by atoms with Crippen LogP contribution in [-0.2, 0) is 4.79 Å². The van der Waals surface area contributed by atoms with E-state index in [9.17, 15) is 4.79 Å². The second-order valence-corrected chi connectivity index (χ2v) is 5.06. The summed E-state index contributed by atoms with van der Waals surface area (Å²) in [6, 6.07) is 14.3. The van der Waals surface area contributed by atoms with Gasteiger partial charge < -0.3 is 10.1 Å². The molecule has 5 heteroatoms. The van der Waals surface area contributed by atoms with Gasteiger partial charge in [-0.25, -0.2) is 0 Å². The Kier molecular flexibility index (Phi) is 4.82. The lowest BCUT2D eigenvalue weighted by atomic mass is 10.3. The van der Waals surface area contributed by atoms with E-state index < -0.39 is 0 Å². The van der Waals surface area contributed by atoms with Crippen LogP contribution in [0.5, 0.6) is 5.75 Å². The Morgan fingerprint density at radius 1 is 1.21 bits per heavy atom. The van der Waals surface area contributed by atoms with Crippen molar-refractivity contribution in [2.24, 2.45) is 0 Å². The third-order valence-electron chi connectivity index (χ3n) is 2.31. The molecule has 0 bridgehead atoms. The van der Waals surface area contributed by atoms with Crippen LogP contribution < -0.4 is 10.1 Å². The molecular formula is C14H11BrClNO2. The van der Waals surface area contributed by atoms with E-state index in [1.54, 1.807) is 30.3 Å². The minimum Gasteiger partial charge on any atom is -0.484 e. The predicted octanol–water partition coefficient (Wildman–Crippen LogP) is 4.12. The van der Waals surface area contributed by atoms with Crippen molar-refractivity contribution >= 4 is 39.1 Å². The van der Waals surface area contributed by atoms with Gasteiger partial charge in [-0.15, -0.1) is 0 Å². The molecule has 0 aromatic heterocycles. The molecule has 0 heterocycles. The molecule has 3 nitrogen and oxygen atoms in total. The molecule has 0 aliphatic carbocycles. The molecule has 0 fully saturated rings. The molecular weight excluding hydrogens is 330 g/mol. The van der Waals surface area contributed by atoms with Crippen molar-refractivity contribution in [3.8, 4) is 5.75 Å². The van der Waals surface area contributed by atoms with E-state index in [2.05, 4.69) is 21.2 Å². The Labute approximate surface area is 124 Å². The highest BCUT2D eigenvalue weighted by Gasteiger charge is 2.06. The van der Waals surface area contributed by atoms with Crippen LogP contribution in [0, 0.1) is 0 Å². The number of halogens is 2. The molecule has 1 amide bonds. The van der Waals surface area contributed by atoms with Crippen LogP contribution in [0.3, 0.4) is 0 Å². The number of carbonyl (C=O) groups is 1. The van der Waals surface area contributed by atoms with Crippen molar-refractivity contribution in [1.29, 1.82) is 0 Å². The SMILES string of the molecule is O=C(COc1cccc(Cl)c1)Nc1ccccc1Br. The van der Waals surface area contributed by atoms with Crippen LogP contribution in [0.15, 0.2) is 53.0 Å². The van der Waals surface area contributed by atoms with Gasteiger partial charge in [0, 0.05) is 9.50 Å². The van der Waals surface area contributed by atoms with Crippen LogP contribution >= 0.6 is 27.5 Å². The van der Waals surface area contributed by atoms with Crippen molar-refractivity contribution in [1.82, 2.24) is 0 Å². The van der Waals surface area contributed by atoms with Gasteiger partial charge in [0.15, 0.2) is 6.61 Å². The zero-order chi connectivity index (χ0) is 13.7. The van der Waals surface area contributed by atoms with Crippen molar-refractivity contribution < 1.29 is 9.53 Å². The molecule has 0 saturated carbocycles. The van der Waals surface area contributed by atoms with E-state index in [0.717, 1.165) is 4.47 Å². The Bertz CT molecular complexity index is 589. The zero-order valence-electron chi connectivity index (χ0n) is 9.90. The third kappa shape index (κ3) is 4.26. The van der Waals surface area contributed by atoms with E-state index >= 15 is 0 Å². The number of rotatable bonds is 4. The van der Waals surface area contributed by atoms with Gasteiger partial charge in [-0.05, 0) is 46.3 Å². The highest BCUT2D eigenvalue weighted by Crippen LogP contribution is 2.21. The molecule has 0 aliphatic heterocycles. The van der Waals surface area contributed by atoms with Crippen molar-refractivity contribution in [2.75, 3.05) is 11.9 Å². The summed E-state index contributed by atoms with van der Waals surface area (Å²) in [7, 11) is 0. The lowest BCUT2D eigenvalue weighted by Gasteiger charge is -2.08. The molecule has 2 aromatic carbocycles. The summed E-state index contributed by atoms with van der Waals surface area (Å²) in [6.45, 7) is -0.0678. The number of nitrogens with one attached hydrogen (secondary N) is 1.